The van der Waals surface area contributed by atoms with Gasteiger partial charge in [-0.15, -0.1) is 0 Å². The van der Waals surface area contributed by atoms with Gasteiger partial charge in [0.2, 0.25) is 11.6 Å². The standard InChI is InChI=1S/C29H32F2O8/c1-33-13-15-35-19-37-24-17-23(26(30)27(31)29(24)38-20-36-16-14-34-2)18-25(32)39-28(21-9-5-3-6-10-21)22-11-7-4-8-12-22/h3-12,17,28H,13-16,18-20H2,1-2H3. The van der Waals surface area contributed by atoms with Gasteiger partial charge in [-0.1, -0.05) is 60.7 Å². The van der Waals surface area contributed by atoms with Crippen LogP contribution in [0.4, 0.5) is 8.78 Å². The van der Waals surface area contributed by atoms with Crippen LogP contribution in [-0.4, -0.2) is 60.2 Å². The van der Waals surface area contributed by atoms with Crippen molar-refractivity contribution in [3.8, 4) is 11.5 Å². The first-order valence-corrected chi connectivity index (χ1v) is 12.2. The van der Waals surface area contributed by atoms with Crippen molar-refractivity contribution < 1.29 is 46.7 Å². The largest absolute Gasteiger partial charge is 0.464 e. The molecular weight excluding hydrogens is 514 g/mol. The van der Waals surface area contributed by atoms with Gasteiger partial charge in [0.25, 0.3) is 0 Å². The van der Waals surface area contributed by atoms with E-state index in [0.717, 1.165) is 11.1 Å². The highest BCUT2D eigenvalue weighted by molar-refractivity contribution is 5.74. The van der Waals surface area contributed by atoms with E-state index in [1.54, 1.807) is 0 Å². The fourth-order valence-electron chi connectivity index (χ4n) is 3.53. The van der Waals surface area contributed by atoms with Crippen molar-refractivity contribution in [2.24, 2.45) is 0 Å². The molecule has 0 radical (unpaired) electrons. The van der Waals surface area contributed by atoms with Crippen molar-refractivity contribution in [1.82, 2.24) is 0 Å². The molecule has 0 aliphatic heterocycles. The molecule has 0 heterocycles. The van der Waals surface area contributed by atoms with Gasteiger partial charge in [-0.2, -0.15) is 4.39 Å². The van der Waals surface area contributed by atoms with E-state index in [1.807, 2.05) is 60.7 Å². The number of halogens is 2. The Morgan fingerprint density at radius 2 is 1.28 bits per heavy atom. The summed E-state index contributed by atoms with van der Waals surface area (Å²) < 4.78 is 67.0. The first-order chi connectivity index (χ1) is 19.0. The number of carbonyl (C=O) groups excluding carboxylic acids is 1. The molecule has 0 aromatic heterocycles. The molecule has 0 bridgehead atoms. The second kappa shape index (κ2) is 16.4. The minimum atomic E-state index is -1.33. The van der Waals surface area contributed by atoms with Crippen molar-refractivity contribution in [3.63, 3.8) is 0 Å². The quantitative estimate of drug-likeness (QED) is 0.135. The van der Waals surface area contributed by atoms with E-state index in [-0.39, 0.29) is 38.1 Å². The first kappa shape index (κ1) is 30.0. The van der Waals surface area contributed by atoms with E-state index in [1.165, 1.54) is 20.3 Å². The van der Waals surface area contributed by atoms with Crippen LogP contribution in [-0.2, 0) is 34.9 Å². The fraction of sp³-hybridized carbons (Fsp3) is 0.345. The van der Waals surface area contributed by atoms with Gasteiger partial charge in [0, 0.05) is 19.8 Å². The third-order valence-corrected chi connectivity index (χ3v) is 5.44. The minimum absolute atomic E-state index is 0.160. The normalized spacial score (nSPS) is 11.0. The van der Waals surface area contributed by atoms with Crippen molar-refractivity contribution in [1.29, 1.82) is 0 Å². The van der Waals surface area contributed by atoms with E-state index in [0.29, 0.717) is 13.2 Å². The summed E-state index contributed by atoms with van der Waals surface area (Å²) in [4.78, 5) is 13.0. The molecule has 0 N–H and O–H groups in total. The summed E-state index contributed by atoms with van der Waals surface area (Å²) >= 11 is 0. The zero-order valence-corrected chi connectivity index (χ0v) is 21.9. The van der Waals surface area contributed by atoms with Crippen molar-refractivity contribution in [2.45, 2.75) is 12.5 Å². The SMILES string of the molecule is COCCOCOc1cc(CC(=O)OC(c2ccccc2)c2ccccc2)c(F)c(F)c1OCOCCOC. The number of methoxy groups -OCH3 is 2. The molecule has 210 valence electrons. The molecule has 3 aromatic rings. The molecule has 0 aliphatic carbocycles. The van der Waals surface area contributed by atoms with Crippen LogP contribution >= 0.6 is 0 Å². The maximum absolute atomic E-state index is 15.1. The Morgan fingerprint density at radius 3 is 1.82 bits per heavy atom. The van der Waals surface area contributed by atoms with Gasteiger partial charge in [0.05, 0.1) is 32.8 Å². The average Bonchev–Trinajstić information content (AvgIpc) is 2.96. The van der Waals surface area contributed by atoms with Crippen molar-refractivity contribution in [2.75, 3.05) is 54.2 Å². The summed E-state index contributed by atoms with van der Waals surface area (Å²) in [6, 6.07) is 19.5. The Labute approximate surface area is 226 Å². The summed E-state index contributed by atoms with van der Waals surface area (Å²) in [5.74, 6) is -4.02. The molecule has 10 heteroatoms. The lowest BCUT2D eigenvalue weighted by atomic mass is 10.0. The first-order valence-electron chi connectivity index (χ1n) is 12.2. The zero-order valence-electron chi connectivity index (χ0n) is 21.9. The van der Waals surface area contributed by atoms with Gasteiger partial charge in [-0.05, 0) is 17.2 Å². The average molecular weight is 547 g/mol. The predicted octanol–water partition coefficient (Wildman–Crippen LogP) is 4.84. The van der Waals surface area contributed by atoms with Crippen LogP contribution in [0.1, 0.15) is 22.8 Å². The Balaban J connectivity index is 1.79. The van der Waals surface area contributed by atoms with Crippen LogP contribution in [0.25, 0.3) is 0 Å². The van der Waals surface area contributed by atoms with Crippen LogP contribution in [0.2, 0.25) is 0 Å². The molecule has 0 spiro atoms. The van der Waals surface area contributed by atoms with Gasteiger partial charge < -0.3 is 33.2 Å². The lowest BCUT2D eigenvalue weighted by molar-refractivity contribution is -0.146. The fourth-order valence-corrected chi connectivity index (χ4v) is 3.53. The van der Waals surface area contributed by atoms with Crippen molar-refractivity contribution in [3.05, 3.63) is 95.1 Å². The molecule has 8 nitrogen and oxygen atoms in total. The molecular formula is C29H32F2O8. The molecule has 0 fully saturated rings. The molecule has 0 unspecified atom stereocenters. The summed E-state index contributed by atoms with van der Waals surface area (Å²) in [6.07, 6.45) is -1.28. The Hall–Kier alpha value is -3.57. The smallest absolute Gasteiger partial charge is 0.311 e. The topological polar surface area (TPSA) is 81.7 Å². The predicted molar refractivity (Wildman–Crippen MR) is 138 cm³/mol. The van der Waals surface area contributed by atoms with E-state index in [4.69, 9.17) is 33.2 Å². The number of hydrogen-bond acceptors (Lipinski definition) is 8. The number of rotatable bonds is 17. The number of hydrogen-bond donors (Lipinski definition) is 0. The van der Waals surface area contributed by atoms with E-state index >= 15 is 8.78 Å². The highest BCUT2D eigenvalue weighted by Crippen LogP contribution is 2.35. The Morgan fingerprint density at radius 1 is 0.744 bits per heavy atom. The third-order valence-electron chi connectivity index (χ3n) is 5.44. The van der Waals surface area contributed by atoms with E-state index < -0.39 is 35.9 Å². The molecule has 3 rings (SSSR count). The Bertz CT molecular complexity index is 1110. The molecule has 3 aromatic carbocycles. The minimum Gasteiger partial charge on any atom is -0.464 e. The number of esters is 1. The van der Waals surface area contributed by atoms with Gasteiger partial charge >= 0.3 is 5.97 Å². The second-order valence-electron chi connectivity index (χ2n) is 8.19. The summed E-state index contributed by atoms with van der Waals surface area (Å²) in [7, 11) is 3.01. The van der Waals surface area contributed by atoms with Crippen LogP contribution < -0.4 is 9.47 Å². The monoisotopic (exact) mass is 546 g/mol. The number of benzene rings is 3. The van der Waals surface area contributed by atoms with Gasteiger partial charge in [-0.25, -0.2) is 4.39 Å². The maximum atomic E-state index is 15.1. The number of carbonyl (C=O) groups is 1. The van der Waals surface area contributed by atoms with Crippen LogP contribution in [0.15, 0.2) is 66.7 Å². The van der Waals surface area contributed by atoms with Gasteiger partial charge in [0.1, 0.15) is 0 Å². The molecule has 0 saturated carbocycles. The van der Waals surface area contributed by atoms with Gasteiger partial charge in [-0.3, -0.25) is 4.79 Å². The molecule has 39 heavy (non-hydrogen) atoms. The van der Waals surface area contributed by atoms with Crippen LogP contribution in [0.3, 0.4) is 0 Å². The summed E-state index contributed by atoms with van der Waals surface area (Å²) in [5.41, 5.74) is 1.20. The molecule has 0 aliphatic rings. The van der Waals surface area contributed by atoms with Crippen molar-refractivity contribution >= 4 is 5.97 Å². The van der Waals surface area contributed by atoms with Gasteiger partial charge in [0.15, 0.2) is 31.3 Å². The summed E-state index contributed by atoms with van der Waals surface area (Å²) in [6.45, 7) is 0.353. The van der Waals surface area contributed by atoms with E-state index in [2.05, 4.69) is 0 Å². The second-order valence-corrected chi connectivity index (χ2v) is 8.19. The molecule has 0 atom stereocenters. The van der Waals surface area contributed by atoms with Crippen LogP contribution in [0.5, 0.6) is 11.5 Å². The summed E-state index contributed by atoms with van der Waals surface area (Å²) in [5, 5.41) is 0. The lowest BCUT2D eigenvalue weighted by Crippen LogP contribution is -2.17. The zero-order chi connectivity index (χ0) is 27.9. The number of ether oxygens (including phenoxy) is 7. The molecule has 0 saturated heterocycles. The Kier molecular flexibility index (Phi) is 12.6. The van der Waals surface area contributed by atoms with E-state index in [9.17, 15) is 4.79 Å². The maximum Gasteiger partial charge on any atom is 0.311 e. The van der Waals surface area contributed by atoms with Crippen LogP contribution in [0, 0.1) is 11.6 Å². The highest BCUT2D eigenvalue weighted by Gasteiger charge is 2.25. The molecule has 0 amide bonds. The highest BCUT2D eigenvalue weighted by atomic mass is 19.2. The third kappa shape index (κ3) is 9.29. The lowest BCUT2D eigenvalue weighted by Gasteiger charge is -2.20.